The molecule has 5 nitrogen and oxygen atoms in total. The number of aliphatic hydroxyl groups is 1. The fraction of sp³-hybridized carbons (Fsp3) is 0.130. The van der Waals surface area contributed by atoms with Crippen molar-refractivity contribution < 1.29 is 14.7 Å². The number of hydrogen-bond acceptors (Lipinski definition) is 5. The number of ketones is 1. The van der Waals surface area contributed by atoms with Crippen molar-refractivity contribution in [2.75, 3.05) is 11.4 Å². The Bertz CT molecular complexity index is 1260. The van der Waals surface area contributed by atoms with Crippen LogP contribution in [0.5, 0.6) is 0 Å². The number of allylic oxidation sites excluding steroid dienone is 2. The minimum absolute atomic E-state index is 0.0303. The highest BCUT2D eigenvalue weighted by Gasteiger charge is 2.61. The lowest BCUT2D eigenvalue weighted by molar-refractivity contribution is -0.121. The van der Waals surface area contributed by atoms with Gasteiger partial charge in [0, 0.05) is 31.9 Å². The summed E-state index contributed by atoms with van der Waals surface area (Å²) >= 11 is 19.6. The van der Waals surface area contributed by atoms with Gasteiger partial charge >= 0.3 is 0 Å². The number of carbonyl (C=O) groups is 2. The van der Waals surface area contributed by atoms with E-state index in [0.717, 1.165) is 4.90 Å². The van der Waals surface area contributed by atoms with Gasteiger partial charge in [-0.15, -0.1) is 11.6 Å². The van der Waals surface area contributed by atoms with E-state index >= 15 is 0 Å². The van der Waals surface area contributed by atoms with Gasteiger partial charge in [0.15, 0.2) is 11.3 Å². The number of nitrogens with one attached hydrogen (secondary N) is 1. The number of anilines is 1. The minimum Gasteiger partial charge on any atom is -0.509 e. The Morgan fingerprint density at radius 1 is 1.09 bits per heavy atom. The van der Waals surface area contributed by atoms with Crippen LogP contribution in [0.3, 0.4) is 0 Å². The highest BCUT2D eigenvalue weighted by atomic mass is 35.5. The van der Waals surface area contributed by atoms with Crippen LogP contribution in [0.25, 0.3) is 0 Å². The monoisotopic (exact) mass is 504 g/mol. The molecule has 1 aliphatic carbocycles. The number of rotatable bonds is 3. The van der Waals surface area contributed by atoms with Gasteiger partial charge in [-0.3, -0.25) is 9.59 Å². The molecule has 1 amide bonds. The summed E-state index contributed by atoms with van der Waals surface area (Å²) in [5, 5.41) is 14.1. The molecule has 1 fully saturated rings. The Morgan fingerprint density at radius 3 is 2.56 bits per heavy atom. The van der Waals surface area contributed by atoms with Gasteiger partial charge in [-0.05, 0) is 54.6 Å². The largest absolute Gasteiger partial charge is 0.509 e. The molecular weight excluding hydrogens is 491 g/mol. The highest BCUT2D eigenvalue weighted by molar-refractivity contribution is 8.03. The summed E-state index contributed by atoms with van der Waals surface area (Å²) in [6, 6.07) is 14.1. The number of fused-ring (bicyclic) bond motifs is 2. The minimum atomic E-state index is -1.45. The zero-order valence-electron chi connectivity index (χ0n) is 16.3. The summed E-state index contributed by atoms with van der Waals surface area (Å²) in [6.45, 7) is 0.0623. The fourth-order valence-electron chi connectivity index (χ4n) is 4.21. The molecule has 162 valence electrons. The maximum Gasteiger partial charge on any atom is 0.260 e. The van der Waals surface area contributed by atoms with E-state index in [2.05, 4.69) is 5.32 Å². The zero-order valence-corrected chi connectivity index (χ0v) is 19.4. The SMILES string of the molecule is O=C1C=C2C(=CC1Cl)NC(=O)C21C(Sc2ccc(Cl)cc2)=C(O)CN1c1cccc(Cl)c1. The molecule has 0 bridgehead atoms. The summed E-state index contributed by atoms with van der Waals surface area (Å²) in [6.07, 6.45) is 2.92. The second-order valence-electron chi connectivity index (χ2n) is 7.50. The van der Waals surface area contributed by atoms with Crippen molar-refractivity contribution in [3.63, 3.8) is 0 Å². The standard InChI is InChI=1S/C23H15Cl3N2O3S/c24-12-4-6-15(7-5-12)32-21-20(30)11-28(14-3-1-2-13(25)8-14)23(21)16-9-19(29)17(26)10-18(16)27-22(23)31/h1-10,17,30H,11H2,(H,27,31). The molecule has 2 unspecified atom stereocenters. The Hall–Kier alpha value is -2.38. The maximum absolute atomic E-state index is 13.6. The van der Waals surface area contributed by atoms with Crippen molar-refractivity contribution in [2.24, 2.45) is 0 Å². The lowest BCUT2D eigenvalue weighted by atomic mass is 9.86. The highest BCUT2D eigenvalue weighted by Crippen LogP contribution is 2.54. The fourth-order valence-corrected chi connectivity index (χ4v) is 5.86. The molecule has 5 rings (SSSR count). The van der Waals surface area contributed by atoms with Gasteiger partial charge in [0.2, 0.25) is 0 Å². The van der Waals surface area contributed by atoms with Crippen molar-refractivity contribution in [3.8, 4) is 0 Å². The number of benzene rings is 2. The van der Waals surface area contributed by atoms with Crippen molar-refractivity contribution in [2.45, 2.75) is 15.8 Å². The third-order valence-electron chi connectivity index (χ3n) is 5.59. The Balaban J connectivity index is 1.71. The van der Waals surface area contributed by atoms with Crippen LogP contribution in [-0.2, 0) is 9.59 Å². The first kappa shape index (κ1) is 21.5. The van der Waals surface area contributed by atoms with Crippen LogP contribution in [0.4, 0.5) is 5.69 Å². The van der Waals surface area contributed by atoms with E-state index in [-0.39, 0.29) is 24.0 Å². The van der Waals surface area contributed by atoms with Crippen LogP contribution in [0.1, 0.15) is 0 Å². The molecule has 2 heterocycles. The van der Waals surface area contributed by atoms with E-state index < -0.39 is 10.9 Å². The predicted molar refractivity (Wildman–Crippen MR) is 127 cm³/mol. The molecule has 1 saturated heterocycles. The van der Waals surface area contributed by atoms with Crippen LogP contribution in [-0.4, -0.2) is 34.3 Å². The maximum atomic E-state index is 13.6. The molecular formula is C23H15Cl3N2O3S. The van der Waals surface area contributed by atoms with E-state index in [1.54, 1.807) is 41.3 Å². The molecule has 2 aromatic carbocycles. The molecule has 2 aromatic rings. The predicted octanol–water partition coefficient (Wildman–Crippen LogP) is 5.24. The molecule has 0 radical (unpaired) electrons. The molecule has 9 heteroatoms. The number of aliphatic hydroxyl groups excluding tert-OH is 1. The Kier molecular flexibility index (Phi) is 5.29. The lowest BCUT2D eigenvalue weighted by Crippen LogP contribution is -2.53. The van der Waals surface area contributed by atoms with Gasteiger partial charge in [-0.25, -0.2) is 0 Å². The zero-order chi connectivity index (χ0) is 22.6. The number of hydrogen-bond donors (Lipinski definition) is 2. The van der Waals surface area contributed by atoms with Gasteiger partial charge in [-0.1, -0.05) is 41.0 Å². The average Bonchev–Trinajstić information content (AvgIpc) is 3.20. The number of halogens is 3. The van der Waals surface area contributed by atoms with Crippen LogP contribution in [0, 0.1) is 0 Å². The lowest BCUT2D eigenvalue weighted by Gasteiger charge is -2.37. The van der Waals surface area contributed by atoms with Gasteiger partial charge in [0.1, 0.15) is 11.1 Å². The number of nitrogens with zero attached hydrogens (tertiary/aromatic N) is 1. The second kappa shape index (κ2) is 7.89. The molecule has 0 aromatic heterocycles. The molecule has 3 aliphatic rings. The van der Waals surface area contributed by atoms with Crippen LogP contribution in [0.15, 0.2) is 87.5 Å². The van der Waals surface area contributed by atoms with E-state index in [0.29, 0.717) is 31.9 Å². The van der Waals surface area contributed by atoms with E-state index in [9.17, 15) is 14.7 Å². The van der Waals surface area contributed by atoms with Gasteiger partial charge in [-0.2, -0.15) is 0 Å². The van der Waals surface area contributed by atoms with E-state index in [1.165, 1.54) is 23.9 Å². The summed E-state index contributed by atoms with van der Waals surface area (Å²) in [7, 11) is 0. The molecule has 2 N–H and O–H groups in total. The number of carbonyl (C=O) groups excluding carboxylic acids is 2. The normalized spacial score (nSPS) is 24.6. The number of alkyl halides is 1. The Labute approximate surface area is 203 Å². The smallest absolute Gasteiger partial charge is 0.260 e. The van der Waals surface area contributed by atoms with Crippen LogP contribution < -0.4 is 10.2 Å². The van der Waals surface area contributed by atoms with E-state index in [1.807, 2.05) is 12.1 Å². The summed E-state index contributed by atoms with van der Waals surface area (Å²) in [5.41, 5.74) is 0.0985. The van der Waals surface area contributed by atoms with Crippen molar-refractivity contribution in [3.05, 3.63) is 92.7 Å². The van der Waals surface area contributed by atoms with Crippen molar-refractivity contribution >= 4 is 63.9 Å². The molecule has 32 heavy (non-hydrogen) atoms. The van der Waals surface area contributed by atoms with Gasteiger partial charge < -0.3 is 15.3 Å². The van der Waals surface area contributed by atoms with Crippen LogP contribution in [0.2, 0.25) is 10.0 Å². The molecule has 2 aliphatic heterocycles. The quantitative estimate of drug-likeness (QED) is 0.558. The molecule has 2 atom stereocenters. The van der Waals surface area contributed by atoms with Gasteiger partial charge in [0.05, 0.1) is 11.4 Å². The molecule has 0 saturated carbocycles. The number of thioether (sulfide) groups is 1. The first-order valence-corrected chi connectivity index (χ1v) is 11.6. The van der Waals surface area contributed by atoms with Crippen molar-refractivity contribution in [1.82, 2.24) is 5.32 Å². The topological polar surface area (TPSA) is 69.6 Å². The summed E-state index contributed by atoms with van der Waals surface area (Å²) in [4.78, 5) is 29.1. The summed E-state index contributed by atoms with van der Waals surface area (Å²) < 4.78 is 0. The van der Waals surface area contributed by atoms with Gasteiger partial charge in [0.25, 0.3) is 5.91 Å². The number of amides is 1. The van der Waals surface area contributed by atoms with Crippen LogP contribution >= 0.6 is 46.6 Å². The first-order valence-electron chi connectivity index (χ1n) is 9.63. The van der Waals surface area contributed by atoms with Crippen molar-refractivity contribution in [1.29, 1.82) is 0 Å². The average molecular weight is 506 g/mol. The third kappa shape index (κ3) is 3.25. The third-order valence-corrected chi connectivity index (χ3v) is 7.66. The van der Waals surface area contributed by atoms with E-state index in [4.69, 9.17) is 34.8 Å². The Morgan fingerprint density at radius 2 is 1.84 bits per heavy atom. The molecule has 1 spiro atoms. The first-order chi connectivity index (χ1) is 15.3. The second-order valence-corrected chi connectivity index (χ2v) is 9.93. The summed E-state index contributed by atoms with van der Waals surface area (Å²) in [5.74, 6) is -0.675.